The first-order valence-corrected chi connectivity index (χ1v) is 12.6. The van der Waals surface area contributed by atoms with Crippen molar-refractivity contribution in [1.29, 1.82) is 0 Å². The third kappa shape index (κ3) is 6.98. The SMILES string of the molecule is CCCN(CCOC)Cc1cc(C(=O)Nc2ccc3c(c2)N(C)C(=O)CC3)ccc1-c1ccccc1.Cl. The molecule has 0 aromatic heterocycles. The van der Waals surface area contributed by atoms with Crippen molar-refractivity contribution in [3.8, 4) is 11.1 Å². The summed E-state index contributed by atoms with van der Waals surface area (Å²) < 4.78 is 5.32. The normalized spacial score (nSPS) is 12.8. The van der Waals surface area contributed by atoms with Crippen LogP contribution in [0.5, 0.6) is 0 Å². The zero-order chi connectivity index (χ0) is 25.5. The number of aryl methyl sites for hydroxylation is 1. The van der Waals surface area contributed by atoms with E-state index in [0.717, 1.165) is 60.4 Å². The summed E-state index contributed by atoms with van der Waals surface area (Å²) >= 11 is 0. The highest BCUT2D eigenvalue weighted by Crippen LogP contribution is 2.30. The van der Waals surface area contributed by atoms with Gasteiger partial charge in [-0.15, -0.1) is 12.4 Å². The molecule has 196 valence electrons. The van der Waals surface area contributed by atoms with E-state index in [2.05, 4.69) is 29.3 Å². The first-order valence-electron chi connectivity index (χ1n) is 12.6. The van der Waals surface area contributed by atoms with Crippen molar-refractivity contribution in [1.82, 2.24) is 4.90 Å². The number of rotatable bonds is 10. The van der Waals surface area contributed by atoms with E-state index in [-0.39, 0.29) is 24.2 Å². The number of hydrogen-bond acceptors (Lipinski definition) is 4. The molecule has 3 aromatic carbocycles. The highest BCUT2D eigenvalue weighted by molar-refractivity contribution is 6.05. The zero-order valence-corrected chi connectivity index (χ0v) is 22.6. The van der Waals surface area contributed by atoms with E-state index in [4.69, 9.17) is 4.74 Å². The molecule has 0 saturated heterocycles. The Morgan fingerprint density at radius 3 is 2.54 bits per heavy atom. The summed E-state index contributed by atoms with van der Waals surface area (Å²) in [6.07, 6.45) is 2.29. The van der Waals surface area contributed by atoms with Gasteiger partial charge in [-0.2, -0.15) is 0 Å². The largest absolute Gasteiger partial charge is 0.383 e. The molecule has 2 amide bonds. The molecule has 0 saturated carbocycles. The van der Waals surface area contributed by atoms with Gasteiger partial charge in [0, 0.05) is 50.6 Å². The van der Waals surface area contributed by atoms with Gasteiger partial charge in [0.15, 0.2) is 0 Å². The van der Waals surface area contributed by atoms with E-state index in [9.17, 15) is 9.59 Å². The van der Waals surface area contributed by atoms with Crippen LogP contribution in [-0.4, -0.2) is 50.6 Å². The number of nitrogens with zero attached hydrogens (tertiary/aromatic N) is 2. The van der Waals surface area contributed by atoms with Crippen LogP contribution >= 0.6 is 12.4 Å². The number of ether oxygens (including phenoxy) is 1. The first kappa shape index (κ1) is 28.4. The monoisotopic (exact) mass is 521 g/mol. The van der Waals surface area contributed by atoms with Gasteiger partial charge in [0.1, 0.15) is 0 Å². The van der Waals surface area contributed by atoms with Crippen molar-refractivity contribution in [2.75, 3.05) is 44.1 Å². The summed E-state index contributed by atoms with van der Waals surface area (Å²) in [6.45, 7) is 5.35. The predicted molar refractivity (Wildman–Crippen MR) is 153 cm³/mol. The average Bonchev–Trinajstić information content (AvgIpc) is 2.90. The minimum atomic E-state index is -0.167. The Morgan fingerprint density at radius 1 is 1.03 bits per heavy atom. The summed E-state index contributed by atoms with van der Waals surface area (Å²) in [5, 5.41) is 3.03. The van der Waals surface area contributed by atoms with Crippen LogP contribution in [0, 0.1) is 0 Å². The second-order valence-corrected chi connectivity index (χ2v) is 9.26. The number of anilines is 2. The third-order valence-corrected chi connectivity index (χ3v) is 6.68. The Bertz CT molecular complexity index is 1220. The van der Waals surface area contributed by atoms with E-state index in [1.54, 1.807) is 19.1 Å². The minimum Gasteiger partial charge on any atom is -0.383 e. The molecule has 0 bridgehead atoms. The van der Waals surface area contributed by atoms with Crippen LogP contribution in [0.2, 0.25) is 0 Å². The lowest BCUT2D eigenvalue weighted by molar-refractivity contribution is -0.118. The molecule has 0 aliphatic carbocycles. The third-order valence-electron chi connectivity index (χ3n) is 6.68. The summed E-state index contributed by atoms with van der Waals surface area (Å²) in [5.74, 6) is -0.0724. The molecule has 1 heterocycles. The van der Waals surface area contributed by atoms with Crippen molar-refractivity contribution >= 4 is 35.6 Å². The summed E-state index contributed by atoms with van der Waals surface area (Å²) in [4.78, 5) is 29.4. The Hall–Kier alpha value is -3.19. The lowest BCUT2D eigenvalue weighted by Gasteiger charge is -2.26. The fourth-order valence-corrected chi connectivity index (χ4v) is 4.72. The van der Waals surface area contributed by atoms with Gasteiger partial charge in [-0.1, -0.05) is 49.4 Å². The molecule has 0 fully saturated rings. The molecule has 37 heavy (non-hydrogen) atoms. The number of halogens is 1. The molecule has 3 aromatic rings. The molecule has 0 spiro atoms. The van der Waals surface area contributed by atoms with E-state index in [1.165, 1.54) is 0 Å². The van der Waals surface area contributed by atoms with Gasteiger partial charge < -0.3 is 15.0 Å². The first-order chi connectivity index (χ1) is 17.5. The molecule has 4 rings (SSSR count). The molecule has 6 nitrogen and oxygen atoms in total. The number of hydrogen-bond donors (Lipinski definition) is 1. The van der Waals surface area contributed by atoms with Crippen molar-refractivity contribution in [3.63, 3.8) is 0 Å². The lowest BCUT2D eigenvalue weighted by atomic mass is 9.96. The molecule has 0 unspecified atom stereocenters. The highest BCUT2D eigenvalue weighted by Gasteiger charge is 2.21. The number of benzene rings is 3. The smallest absolute Gasteiger partial charge is 0.255 e. The predicted octanol–water partition coefficient (Wildman–Crippen LogP) is 5.80. The van der Waals surface area contributed by atoms with Gasteiger partial charge in [0.2, 0.25) is 5.91 Å². The Kier molecular flexibility index (Phi) is 10.3. The number of carbonyl (C=O) groups is 2. The van der Waals surface area contributed by atoms with E-state index in [1.807, 2.05) is 54.6 Å². The van der Waals surface area contributed by atoms with Gasteiger partial charge >= 0.3 is 0 Å². The Labute approximate surface area is 226 Å². The fraction of sp³-hybridized carbons (Fsp3) is 0.333. The van der Waals surface area contributed by atoms with Crippen LogP contribution in [0.1, 0.15) is 41.3 Å². The molecule has 1 aliphatic rings. The molecule has 0 radical (unpaired) electrons. The highest BCUT2D eigenvalue weighted by atomic mass is 35.5. The van der Waals surface area contributed by atoms with Gasteiger partial charge in [-0.25, -0.2) is 0 Å². The van der Waals surface area contributed by atoms with Gasteiger partial charge in [0.05, 0.1) is 6.61 Å². The maximum Gasteiger partial charge on any atom is 0.255 e. The second-order valence-electron chi connectivity index (χ2n) is 9.26. The number of methoxy groups -OCH3 is 1. The van der Waals surface area contributed by atoms with Crippen LogP contribution in [0.15, 0.2) is 66.7 Å². The Balaban J connectivity index is 0.00000380. The molecular weight excluding hydrogens is 486 g/mol. The van der Waals surface area contributed by atoms with Crippen LogP contribution < -0.4 is 10.2 Å². The van der Waals surface area contributed by atoms with E-state index in [0.29, 0.717) is 24.3 Å². The molecular formula is C30H36ClN3O3. The summed E-state index contributed by atoms with van der Waals surface area (Å²) in [6, 6.07) is 22.0. The van der Waals surface area contributed by atoms with Crippen LogP contribution in [0.3, 0.4) is 0 Å². The van der Waals surface area contributed by atoms with Crippen molar-refractivity contribution < 1.29 is 14.3 Å². The average molecular weight is 522 g/mol. The lowest BCUT2D eigenvalue weighted by Crippen LogP contribution is -2.31. The van der Waals surface area contributed by atoms with Gasteiger partial charge in [0.25, 0.3) is 5.91 Å². The number of amides is 2. The summed E-state index contributed by atoms with van der Waals surface area (Å²) in [7, 11) is 3.50. The van der Waals surface area contributed by atoms with Crippen molar-refractivity contribution in [3.05, 3.63) is 83.4 Å². The standard InChI is InChI=1S/C30H35N3O3.ClH/c1-4-16-33(17-18-36-3)21-25-19-24(11-14-27(25)22-8-6-5-7-9-22)30(35)31-26-13-10-23-12-15-29(34)32(2)28(23)20-26;/h5-11,13-14,19-20H,4,12,15-18,21H2,1-3H3,(H,31,35);1H. The minimum absolute atomic E-state index is 0. The maximum atomic E-state index is 13.3. The maximum absolute atomic E-state index is 13.3. The fourth-order valence-electron chi connectivity index (χ4n) is 4.72. The topological polar surface area (TPSA) is 61.9 Å². The van der Waals surface area contributed by atoms with E-state index < -0.39 is 0 Å². The summed E-state index contributed by atoms with van der Waals surface area (Å²) in [5.41, 5.74) is 6.63. The molecule has 1 N–H and O–H groups in total. The number of fused-ring (bicyclic) bond motifs is 1. The van der Waals surface area contributed by atoms with Crippen LogP contribution in [0.25, 0.3) is 11.1 Å². The van der Waals surface area contributed by atoms with Crippen molar-refractivity contribution in [2.24, 2.45) is 0 Å². The number of carbonyl (C=O) groups excluding carboxylic acids is 2. The van der Waals surface area contributed by atoms with Gasteiger partial charge in [-0.3, -0.25) is 14.5 Å². The molecule has 1 aliphatic heterocycles. The van der Waals surface area contributed by atoms with Crippen LogP contribution in [-0.2, 0) is 22.5 Å². The molecule has 0 atom stereocenters. The molecule has 7 heteroatoms. The van der Waals surface area contributed by atoms with Crippen molar-refractivity contribution in [2.45, 2.75) is 32.7 Å². The van der Waals surface area contributed by atoms with E-state index >= 15 is 0 Å². The zero-order valence-electron chi connectivity index (χ0n) is 21.8. The van der Waals surface area contributed by atoms with Gasteiger partial charge in [-0.05, 0) is 65.9 Å². The van der Waals surface area contributed by atoms with Crippen LogP contribution in [0.4, 0.5) is 11.4 Å². The Morgan fingerprint density at radius 2 is 1.81 bits per heavy atom. The number of nitrogens with one attached hydrogen (secondary N) is 1. The second kappa shape index (κ2) is 13.4. The quantitative estimate of drug-likeness (QED) is 0.366.